The van der Waals surface area contributed by atoms with Crippen molar-refractivity contribution in [3.05, 3.63) is 56.0 Å². The van der Waals surface area contributed by atoms with Crippen LogP contribution < -0.4 is 0 Å². The molecular weight excluding hydrogens is 393 g/mol. The van der Waals surface area contributed by atoms with Crippen LogP contribution >= 0.6 is 38.5 Å². The van der Waals surface area contributed by atoms with Crippen LogP contribution in [0.15, 0.2) is 45.3 Å². The zero-order valence-corrected chi connectivity index (χ0v) is 12.4. The molecule has 0 aliphatic rings. The number of halogens is 2. The molecule has 0 aliphatic heterocycles. The first-order valence-electron chi connectivity index (χ1n) is 4.82. The largest absolute Gasteiger partial charge is 0.451 e. The number of rotatable bonds is 2. The van der Waals surface area contributed by atoms with Crippen molar-refractivity contribution < 1.29 is 4.42 Å². The first-order valence-corrected chi connectivity index (χ1v) is 6.69. The molecule has 0 bridgehead atoms. The molecule has 0 spiro atoms. The molecular formula is C13H7BrINO. The summed E-state index contributed by atoms with van der Waals surface area (Å²) in [5.74, 6) is 0.689. The van der Waals surface area contributed by atoms with E-state index in [0.29, 0.717) is 11.3 Å². The summed E-state index contributed by atoms with van der Waals surface area (Å²) in [6.45, 7) is 0. The second-order valence-electron chi connectivity index (χ2n) is 3.32. The summed E-state index contributed by atoms with van der Waals surface area (Å²) in [6.07, 6.45) is 1.74. The number of benzene rings is 1. The van der Waals surface area contributed by atoms with E-state index in [1.807, 2.05) is 36.4 Å². The summed E-state index contributed by atoms with van der Waals surface area (Å²) in [5, 5.41) is 9.14. The van der Waals surface area contributed by atoms with Gasteiger partial charge in [-0.15, -0.1) is 0 Å². The van der Waals surface area contributed by atoms with Crippen molar-refractivity contribution in [3.8, 4) is 6.07 Å². The van der Waals surface area contributed by atoms with Gasteiger partial charge in [0.2, 0.25) is 0 Å². The third kappa shape index (κ3) is 3.20. The minimum Gasteiger partial charge on any atom is -0.451 e. The van der Waals surface area contributed by atoms with Crippen LogP contribution in [0.3, 0.4) is 0 Å². The van der Waals surface area contributed by atoms with E-state index in [9.17, 15) is 0 Å². The van der Waals surface area contributed by atoms with E-state index in [2.05, 4.69) is 44.6 Å². The Morgan fingerprint density at radius 2 is 1.94 bits per heavy atom. The number of furan rings is 1. The molecule has 2 aromatic rings. The van der Waals surface area contributed by atoms with E-state index in [4.69, 9.17) is 9.68 Å². The average Bonchev–Trinajstić information content (AvgIpc) is 2.73. The van der Waals surface area contributed by atoms with Crippen LogP contribution in [0.4, 0.5) is 0 Å². The van der Waals surface area contributed by atoms with Gasteiger partial charge < -0.3 is 4.42 Å². The van der Waals surface area contributed by atoms with Gasteiger partial charge in [-0.1, -0.05) is 28.1 Å². The Bertz CT molecular complexity index is 593. The fourth-order valence-electron chi connectivity index (χ4n) is 1.36. The number of hydrogen-bond donors (Lipinski definition) is 0. The van der Waals surface area contributed by atoms with E-state index >= 15 is 0 Å². The Kier molecular flexibility index (Phi) is 4.02. The maximum absolute atomic E-state index is 9.14. The summed E-state index contributed by atoms with van der Waals surface area (Å²) in [4.78, 5) is 0. The topological polar surface area (TPSA) is 36.9 Å². The number of hydrogen-bond acceptors (Lipinski definition) is 2. The van der Waals surface area contributed by atoms with E-state index in [1.54, 1.807) is 6.08 Å². The molecule has 0 aliphatic carbocycles. The van der Waals surface area contributed by atoms with Crippen molar-refractivity contribution >= 4 is 50.2 Å². The molecule has 1 aromatic carbocycles. The molecule has 1 heterocycles. The predicted octanol–water partition coefficient (Wildman–Crippen LogP) is 4.71. The smallest absolute Gasteiger partial charge is 0.164 e. The normalized spacial score (nSPS) is 11.2. The molecule has 4 heteroatoms. The molecule has 0 fully saturated rings. The molecule has 0 radical (unpaired) electrons. The van der Waals surface area contributed by atoms with Gasteiger partial charge in [-0.2, -0.15) is 5.26 Å². The van der Waals surface area contributed by atoms with E-state index in [-0.39, 0.29) is 0 Å². The molecule has 0 unspecified atom stereocenters. The maximum atomic E-state index is 9.14. The van der Waals surface area contributed by atoms with Crippen molar-refractivity contribution in [2.75, 3.05) is 0 Å². The Morgan fingerprint density at radius 3 is 2.47 bits per heavy atom. The lowest BCUT2D eigenvalue weighted by molar-refractivity contribution is 0.528. The zero-order chi connectivity index (χ0) is 12.3. The molecule has 17 heavy (non-hydrogen) atoms. The van der Waals surface area contributed by atoms with Crippen LogP contribution in [-0.4, -0.2) is 0 Å². The summed E-state index contributed by atoms with van der Waals surface area (Å²) in [7, 11) is 0. The SMILES string of the molecule is N#C/C(=C/c1ccc(I)o1)c1ccc(Br)cc1. The average molecular weight is 400 g/mol. The zero-order valence-electron chi connectivity index (χ0n) is 8.65. The lowest BCUT2D eigenvalue weighted by Crippen LogP contribution is -1.80. The Balaban J connectivity index is 2.37. The van der Waals surface area contributed by atoms with Gasteiger partial charge >= 0.3 is 0 Å². The Labute approximate surface area is 121 Å². The highest BCUT2D eigenvalue weighted by molar-refractivity contribution is 14.1. The summed E-state index contributed by atoms with van der Waals surface area (Å²) < 4.78 is 7.21. The summed E-state index contributed by atoms with van der Waals surface area (Å²) in [5.41, 5.74) is 1.46. The quantitative estimate of drug-likeness (QED) is 0.541. The van der Waals surface area contributed by atoms with Gasteiger partial charge in [0.15, 0.2) is 3.77 Å². The third-order valence-corrected chi connectivity index (χ3v) is 3.26. The van der Waals surface area contributed by atoms with Gasteiger partial charge in [-0.3, -0.25) is 0 Å². The number of allylic oxidation sites excluding steroid dienone is 1. The molecule has 0 saturated heterocycles. The summed E-state index contributed by atoms with van der Waals surface area (Å²) in [6, 6.07) is 13.5. The minimum absolute atomic E-state index is 0.586. The van der Waals surface area contributed by atoms with Crippen LogP contribution in [0, 0.1) is 15.1 Å². The van der Waals surface area contributed by atoms with Crippen LogP contribution in [0.2, 0.25) is 0 Å². The molecule has 2 nitrogen and oxygen atoms in total. The van der Waals surface area contributed by atoms with Crippen LogP contribution in [0.5, 0.6) is 0 Å². The molecule has 0 saturated carbocycles. The minimum atomic E-state index is 0.586. The van der Waals surface area contributed by atoms with Crippen molar-refractivity contribution in [1.29, 1.82) is 5.26 Å². The highest BCUT2D eigenvalue weighted by Crippen LogP contribution is 2.21. The molecule has 0 atom stereocenters. The fraction of sp³-hybridized carbons (Fsp3) is 0. The van der Waals surface area contributed by atoms with Crippen molar-refractivity contribution in [2.24, 2.45) is 0 Å². The molecule has 2 rings (SSSR count). The molecule has 1 aromatic heterocycles. The van der Waals surface area contributed by atoms with Crippen molar-refractivity contribution in [3.63, 3.8) is 0 Å². The maximum Gasteiger partial charge on any atom is 0.164 e. The van der Waals surface area contributed by atoms with Gasteiger partial charge in [0.05, 0.1) is 11.6 Å². The molecule has 0 amide bonds. The molecule has 84 valence electrons. The van der Waals surface area contributed by atoms with E-state index in [0.717, 1.165) is 13.8 Å². The van der Waals surface area contributed by atoms with Gasteiger partial charge in [0.1, 0.15) is 5.76 Å². The van der Waals surface area contributed by atoms with Gasteiger partial charge in [0, 0.05) is 4.47 Å². The Hall–Kier alpha value is -1.06. The van der Waals surface area contributed by atoms with E-state index < -0.39 is 0 Å². The monoisotopic (exact) mass is 399 g/mol. The van der Waals surface area contributed by atoms with Gasteiger partial charge in [-0.25, -0.2) is 0 Å². The van der Waals surface area contributed by atoms with E-state index in [1.165, 1.54) is 0 Å². The second-order valence-corrected chi connectivity index (χ2v) is 5.30. The van der Waals surface area contributed by atoms with Crippen molar-refractivity contribution in [2.45, 2.75) is 0 Å². The number of nitrogens with zero attached hydrogens (tertiary/aromatic N) is 1. The molecule has 0 N–H and O–H groups in total. The number of nitriles is 1. The summed E-state index contributed by atoms with van der Waals surface area (Å²) >= 11 is 5.46. The van der Waals surface area contributed by atoms with Crippen LogP contribution in [0.1, 0.15) is 11.3 Å². The first-order chi connectivity index (χ1) is 8.19. The van der Waals surface area contributed by atoms with Gasteiger partial charge in [0.25, 0.3) is 0 Å². The standard InChI is InChI=1S/C13H7BrINO/c14-11-3-1-9(2-4-11)10(8-16)7-12-5-6-13(15)17-12/h1-7H/b10-7-. The Morgan fingerprint density at radius 1 is 1.24 bits per heavy atom. The van der Waals surface area contributed by atoms with Crippen LogP contribution in [-0.2, 0) is 0 Å². The third-order valence-electron chi connectivity index (χ3n) is 2.16. The predicted molar refractivity (Wildman–Crippen MR) is 79.1 cm³/mol. The lowest BCUT2D eigenvalue weighted by Gasteiger charge is -1.98. The first kappa shape index (κ1) is 12.4. The lowest BCUT2D eigenvalue weighted by atomic mass is 10.1. The highest BCUT2D eigenvalue weighted by Gasteiger charge is 2.03. The second kappa shape index (κ2) is 5.52. The van der Waals surface area contributed by atoms with Crippen molar-refractivity contribution in [1.82, 2.24) is 0 Å². The fourth-order valence-corrected chi connectivity index (χ4v) is 2.06. The van der Waals surface area contributed by atoms with Crippen LogP contribution in [0.25, 0.3) is 11.6 Å². The van der Waals surface area contributed by atoms with Gasteiger partial charge in [-0.05, 0) is 58.5 Å². The highest BCUT2D eigenvalue weighted by atomic mass is 127.